The molecule has 6 nitrogen and oxygen atoms in total. The number of esters is 1. The second-order valence-electron chi connectivity index (χ2n) is 5.35. The maximum Gasteiger partial charge on any atom is 0.391 e. The number of carboxylic acids is 1. The molecule has 2 rings (SSSR count). The van der Waals surface area contributed by atoms with Crippen molar-refractivity contribution in [2.45, 2.75) is 13.3 Å². The molecule has 1 N–H and O–H groups in total. The number of ether oxygens (including phenoxy) is 1. The van der Waals surface area contributed by atoms with Crippen LogP contribution in [0.25, 0.3) is 0 Å². The van der Waals surface area contributed by atoms with Crippen molar-refractivity contribution in [3.05, 3.63) is 53.6 Å². The third-order valence-corrected chi connectivity index (χ3v) is 3.40. The monoisotopic (exact) mass is 338 g/mol. The highest BCUT2D eigenvalue weighted by Gasteiger charge is 2.08. The van der Waals surface area contributed by atoms with E-state index in [4.69, 9.17) is 9.84 Å². The van der Waals surface area contributed by atoms with Crippen molar-refractivity contribution in [3.63, 3.8) is 0 Å². The Labute approximate surface area is 146 Å². The predicted octanol–water partition coefficient (Wildman–Crippen LogP) is 2.26. The molecule has 0 saturated heterocycles. The molecule has 0 bridgehead atoms. The lowest BCUT2D eigenvalue weighted by Gasteiger charge is -2.17. The molecule has 0 atom stereocenters. The molecular formula is C19H18N2O4. The van der Waals surface area contributed by atoms with Gasteiger partial charge >= 0.3 is 11.9 Å². The van der Waals surface area contributed by atoms with E-state index >= 15 is 0 Å². The summed E-state index contributed by atoms with van der Waals surface area (Å²) in [5, 5.41) is 8.72. The number of hydrogen-bond acceptors (Lipinski definition) is 5. The van der Waals surface area contributed by atoms with Crippen LogP contribution in [0.15, 0.2) is 42.5 Å². The molecule has 0 aliphatic heterocycles. The number of rotatable bonds is 5. The van der Waals surface area contributed by atoms with Gasteiger partial charge in [-0.2, -0.15) is 4.98 Å². The molecule has 0 amide bonds. The van der Waals surface area contributed by atoms with Gasteiger partial charge in [0.15, 0.2) is 0 Å². The lowest BCUT2D eigenvalue weighted by Crippen LogP contribution is -2.22. The van der Waals surface area contributed by atoms with Crippen LogP contribution in [0.2, 0.25) is 0 Å². The van der Waals surface area contributed by atoms with E-state index in [2.05, 4.69) is 16.8 Å². The quantitative estimate of drug-likeness (QED) is 0.665. The average molecular weight is 338 g/mol. The molecule has 0 aliphatic rings. The van der Waals surface area contributed by atoms with E-state index in [0.29, 0.717) is 12.4 Å². The maximum atomic E-state index is 11.9. The number of benzene rings is 1. The fourth-order valence-corrected chi connectivity index (χ4v) is 2.00. The number of carboxylic acid groups (broad SMARTS) is 1. The summed E-state index contributed by atoms with van der Waals surface area (Å²) < 4.78 is 5.13. The van der Waals surface area contributed by atoms with Crippen LogP contribution in [0.3, 0.4) is 0 Å². The van der Waals surface area contributed by atoms with Gasteiger partial charge in [0.2, 0.25) is 5.88 Å². The molecule has 1 aromatic heterocycles. The second-order valence-corrected chi connectivity index (χ2v) is 5.35. The average Bonchev–Trinajstić information content (AvgIpc) is 2.59. The standard InChI is InChI=1S/C19H18N2O4/c1-14-6-3-4-7-15(14)10-11-19(24)25-17-9-5-8-16(20-17)21(2)13-12-18(22)23/h3-9H,12-13H2,1-2H3,(H,22,23). The SMILES string of the molecule is Cc1ccccc1C#CC(=O)Oc1cccc(N(C)CCC(=O)O)n1. The van der Waals surface area contributed by atoms with Crippen LogP contribution in [-0.4, -0.2) is 35.6 Å². The van der Waals surface area contributed by atoms with E-state index in [1.54, 1.807) is 30.1 Å². The first-order chi connectivity index (χ1) is 12.0. The zero-order valence-electron chi connectivity index (χ0n) is 14.0. The van der Waals surface area contributed by atoms with Gasteiger partial charge in [-0.05, 0) is 24.6 Å². The minimum absolute atomic E-state index is 0.00982. The summed E-state index contributed by atoms with van der Waals surface area (Å²) in [7, 11) is 1.72. The minimum Gasteiger partial charge on any atom is -0.481 e. The molecule has 0 unspecified atom stereocenters. The Balaban J connectivity index is 2.03. The third kappa shape index (κ3) is 5.66. The summed E-state index contributed by atoms with van der Waals surface area (Å²) in [6.07, 6.45) is -0.00982. The lowest BCUT2D eigenvalue weighted by atomic mass is 10.1. The van der Waals surface area contributed by atoms with Gasteiger partial charge in [-0.3, -0.25) is 4.79 Å². The summed E-state index contributed by atoms with van der Waals surface area (Å²) in [6.45, 7) is 2.21. The molecule has 128 valence electrons. The number of hydrogen-bond donors (Lipinski definition) is 1. The zero-order chi connectivity index (χ0) is 18.2. The van der Waals surface area contributed by atoms with Crippen LogP contribution in [0.4, 0.5) is 5.82 Å². The molecule has 0 saturated carbocycles. The van der Waals surface area contributed by atoms with Gasteiger partial charge in [0.25, 0.3) is 0 Å². The van der Waals surface area contributed by atoms with Crippen LogP contribution in [0.1, 0.15) is 17.5 Å². The van der Waals surface area contributed by atoms with Crippen molar-refractivity contribution in [2.24, 2.45) is 0 Å². The van der Waals surface area contributed by atoms with Gasteiger partial charge in [-0.15, -0.1) is 0 Å². The molecule has 0 radical (unpaired) electrons. The topological polar surface area (TPSA) is 79.7 Å². The fourth-order valence-electron chi connectivity index (χ4n) is 2.00. The van der Waals surface area contributed by atoms with Crippen LogP contribution < -0.4 is 9.64 Å². The highest BCUT2D eigenvalue weighted by molar-refractivity contribution is 5.90. The molecule has 2 aromatic rings. The van der Waals surface area contributed by atoms with E-state index in [1.807, 2.05) is 31.2 Å². The van der Waals surface area contributed by atoms with E-state index in [9.17, 15) is 9.59 Å². The van der Waals surface area contributed by atoms with Crippen molar-refractivity contribution >= 4 is 17.8 Å². The first-order valence-electron chi connectivity index (χ1n) is 7.65. The highest BCUT2D eigenvalue weighted by atomic mass is 16.5. The van der Waals surface area contributed by atoms with Crippen molar-refractivity contribution in [3.8, 4) is 17.7 Å². The van der Waals surface area contributed by atoms with Gasteiger partial charge in [0.05, 0.1) is 6.42 Å². The smallest absolute Gasteiger partial charge is 0.391 e. The molecule has 1 aromatic carbocycles. The largest absolute Gasteiger partial charge is 0.481 e. The fraction of sp³-hybridized carbons (Fsp3) is 0.211. The van der Waals surface area contributed by atoms with Gasteiger partial charge in [-0.25, -0.2) is 4.79 Å². The Bertz CT molecular complexity index is 837. The van der Waals surface area contributed by atoms with Gasteiger partial charge in [0.1, 0.15) is 5.82 Å². The number of pyridine rings is 1. The lowest BCUT2D eigenvalue weighted by molar-refractivity contribution is -0.136. The molecule has 6 heteroatoms. The van der Waals surface area contributed by atoms with Gasteiger partial charge < -0.3 is 14.7 Å². The van der Waals surface area contributed by atoms with Crippen molar-refractivity contribution in [2.75, 3.05) is 18.5 Å². The molecule has 0 spiro atoms. The summed E-state index contributed by atoms with van der Waals surface area (Å²) in [6, 6.07) is 12.4. The minimum atomic E-state index is -0.888. The van der Waals surface area contributed by atoms with Crippen LogP contribution in [0, 0.1) is 18.8 Å². The summed E-state index contributed by atoms with van der Waals surface area (Å²) in [5.41, 5.74) is 1.73. The van der Waals surface area contributed by atoms with Crippen molar-refractivity contribution < 1.29 is 19.4 Å². The molecule has 25 heavy (non-hydrogen) atoms. The number of aliphatic carboxylic acids is 1. The highest BCUT2D eigenvalue weighted by Crippen LogP contribution is 2.15. The number of aromatic nitrogens is 1. The molecule has 1 heterocycles. The van der Waals surface area contributed by atoms with Crippen LogP contribution in [-0.2, 0) is 9.59 Å². The number of nitrogens with zero attached hydrogens (tertiary/aromatic N) is 2. The molecular weight excluding hydrogens is 320 g/mol. The van der Waals surface area contributed by atoms with E-state index in [1.165, 1.54) is 0 Å². The summed E-state index contributed by atoms with van der Waals surface area (Å²) in [4.78, 5) is 28.4. The summed E-state index contributed by atoms with van der Waals surface area (Å²) in [5.74, 6) is 4.24. The maximum absolute atomic E-state index is 11.9. The van der Waals surface area contributed by atoms with Crippen molar-refractivity contribution in [1.82, 2.24) is 4.98 Å². The first kappa shape index (κ1) is 18.0. The van der Waals surface area contributed by atoms with E-state index < -0.39 is 11.9 Å². The Morgan fingerprint density at radius 3 is 2.68 bits per heavy atom. The Morgan fingerprint density at radius 1 is 1.20 bits per heavy atom. The van der Waals surface area contributed by atoms with E-state index in [-0.39, 0.29) is 12.3 Å². The van der Waals surface area contributed by atoms with Crippen molar-refractivity contribution in [1.29, 1.82) is 0 Å². The third-order valence-electron chi connectivity index (χ3n) is 3.40. The predicted molar refractivity (Wildman–Crippen MR) is 93.5 cm³/mol. The van der Waals surface area contributed by atoms with Gasteiger partial charge in [0, 0.05) is 31.1 Å². The molecule has 0 aliphatic carbocycles. The van der Waals surface area contributed by atoms with Gasteiger partial charge in [-0.1, -0.05) is 30.2 Å². The van der Waals surface area contributed by atoms with Crippen LogP contribution >= 0.6 is 0 Å². The van der Waals surface area contributed by atoms with Crippen LogP contribution in [0.5, 0.6) is 5.88 Å². The number of carbonyl (C=O) groups is 2. The Hall–Kier alpha value is -3.33. The summed E-state index contributed by atoms with van der Waals surface area (Å²) >= 11 is 0. The number of aryl methyl sites for hydroxylation is 1. The molecule has 0 fully saturated rings. The normalized spacial score (nSPS) is 9.68. The Morgan fingerprint density at radius 2 is 1.96 bits per heavy atom. The number of anilines is 1. The van der Waals surface area contributed by atoms with E-state index in [0.717, 1.165) is 11.1 Å². The number of carbonyl (C=O) groups excluding carboxylic acids is 1. The zero-order valence-corrected chi connectivity index (χ0v) is 14.0. The Kier molecular flexibility index (Phi) is 6.13. The first-order valence-corrected chi connectivity index (χ1v) is 7.65. The second kappa shape index (κ2) is 8.50.